The molecule has 1 aliphatic heterocycles. The van der Waals surface area contributed by atoms with Crippen molar-refractivity contribution in [3.63, 3.8) is 0 Å². The summed E-state index contributed by atoms with van der Waals surface area (Å²) >= 11 is 1.58. The Morgan fingerprint density at radius 3 is 2.95 bits per heavy atom. The third kappa shape index (κ3) is 2.76. The smallest absolute Gasteiger partial charge is 0.234 e. The predicted molar refractivity (Wildman–Crippen MR) is 85.8 cm³/mol. The topological polar surface area (TPSA) is 59.0 Å². The van der Waals surface area contributed by atoms with Crippen LogP contribution in [-0.2, 0) is 18.4 Å². The maximum absolute atomic E-state index is 11.4. The molecule has 0 atom stereocenters. The lowest BCUT2D eigenvalue weighted by molar-refractivity contribution is -0.113. The zero-order valence-electron chi connectivity index (χ0n) is 12.4. The molecule has 110 valence electrons. The number of fused-ring (bicyclic) bond motifs is 1. The second-order valence-corrected chi connectivity index (χ2v) is 6.19. The molecule has 0 fully saturated rings. The van der Waals surface area contributed by atoms with Crippen LogP contribution >= 0.6 is 11.8 Å². The maximum Gasteiger partial charge on any atom is 0.234 e. The monoisotopic (exact) mass is 302 g/mol. The van der Waals surface area contributed by atoms with Gasteiger partial charge in [-0.15, -0.1) is 11.8 Å². The van der Waals surface area contributed by atoms with Gasteiger partial charge in [0.15, 0.2) is 0 Å². The highest BCUT2D eigenvalue weighted by Gasteiger charge is 2.15. The molecule has 21 heavy (non-hydrogen) atoms. The summed E-state index contributed by atoms with van der Waals surface area (Å²) in [7, 11) is 1.96. The van der Waals surface area contributed by atoms with Crippen LogP contribution in [0.4, 0.5) is 11.4 Å². The largest absolute Gasteiger partial charge is 0.381 e. The lowest BCUT2D eigenvalue weighted by atomic mass is 10.2. The summed E-state index contributed by atoms with van der Waals surface area (Å²) < 4.78 is 1.90. The highest BCUT2D eigenvalue weighted by Crippen LogP contribution is 2.33. The first-order valence-corrected chi connectivity index (χ1v) is 7.83. The molecular formula is C15H18N4OS. The van der Waals surface area contributed by atoms with E-state index in [1.165, 1.54) is 11.3 Å². The van der Waals surface area contributed by atoms with Gasteiger partial charge in [0, 0.05) is 35.4 Å². The molecule has 2 aromatic rings. The van der Waals surface area contributed by atoms with E-state index in [2.05, 4.69) is 22.7 Å². The van der Waals surface area contributed by atoms with Crippen LogP contribution in [0.2, 0.25) is 0 Å². The van der Waals surface area contributed by atoms with E-state index in [-0.39, 0.29) is 5.91 Å². The van der Waals surface area contributed by atoms with Crippen LogP contribution in [-0.4, -0.2) is 21.4 Å². The number of anilines is 2. The van der Waals surface area contributed by atoms with Crippen LogP contribution in [0.25, 0.3) is 0 Å². The standard InChI is InChI=1S/C15H18N4OS/c1-9-12(10(2)19(3)18-9)7-16-11-4-5-14-13(6-11)17-15(20)8-21-14/h4-6,16H,7-8H2,1-3H3,(H,17,20). The van der Waals surface area contributed by atoms with Crippen LogP contribution in [0.3, 0.4) is 0 Å². The Morgan fingerprint density at radius 2 is 2.24 bits per heavy atom. The fourth-order valence-electron chi connectivity index (χ4n) is 2.46. The predicted octanol–water partition coefficient (Wildman–Crippen LogP) is 2.69. The molecule has 2 heterocycles. The van der Waals surface area contributed by atoms with Crippen LogP contribution < -0.4 is 10.6 Å². The minimum atomic E-state index is 0.0589. The number of amides is 1. The van der Waals surface area contributed by atoms with Crippen molar-refractivity contribution in [1.29, 1.82) is 0 Å². The van der Waals surface area contributed by atoms with Gasteiger partial charge in [-0.3, -0.25) is 9.48 Å². The van der Waals surface area contributed by atoms with Crippen LogP contribution in [0.1, 0.15) is 17.0 Å². The molecule has 5 nitrogen and oxygen atoms in total. The number of benzene rings is 1. The van der Waals surface area contributed by atoms with Crippen molar-refractivity contribution in [2.75, 3.05) is 16.4 Å². The minimum Gasteiger partial charge on any atom is -0.381 e. The Kier molecular flexibility index (Phi) is 3.63. The van der Waals surface area contributed by atoms with Gasteiger partial charge in [0.2, 0.25) is 5.91 Å². The van der Waals surface area contributed by atoms with Gasteiger partial charge in [-0.2, -0.15) is 5.10 Å². The van der Waals surface area contributed by atoms with Crippen molar-refractivity contribution < 1.29 is 4.79 Å². The molecule has 0 unspecified atom stereocenters. The van der Waals surface area contributed by atoms with Gasteiger partial charge in [-0.25, -0.2) is 0 Å². The normalized spacial score (nSPS) is 13.8. The molecule has 2 N–H and O–H groups in total. The molecule has 1 aromatic carbocycles. The average Bonchev–Trinajstić information content (AvgIpc) is 2.69. The molecule has 0 aliphatic carbocycles. The number of carbonyl (C=O) groups excluding carboxylic acids is 1. The SMILES string of the molecule is Cc1nn(C)c(C)c1CNc1ccc2c(c1)NC(=O)CS2. The van der Waals surface area contributed by atoms with Gasteiger partial charge < -0.3 is 10.6 Å². The van der Waals surface area contributed by atoms with Crippen molar-refractivity contribution in [3.05, 3.63) is 35.2 Å². The third-order valence-corrected chi connectivity index (χ3v) is 4.81. The lowest BCUT2D eigenvalue weighted by Crippen LogP contribution is -2.18. The van der Waals surface area contributed by atoms with E-state index >= 15 is 0 Å². The zero-order valence-corrected chi connectivity index (χ0v) is 13.2. The molecule has 0 saturated carbocycles. The number of aromatic nitrogens is 2. The molecule has 0 spiro atoms. The highest BCUT2D eigenvalue weighted by atomic mass is 32.2. The maximum atomic E-state index is 11.4. The van der Waals surface area contributed by atoms with Crippen LogP contribution in [0.5, 0.6) is 0 Å². The number of carbonyl (C=O) groups is 1. The van der Waals surface area contributed by atoms with Crippen LogP contribution in [0.15, 0.2) is 23.1 Å². The van der Waals surface area contributed by atoms with Crippen molar-refractivity contribution in [3.8, 4) is 0 Å². The first kappa shape index (κ1) is 14.0. The van der Waals surface area contributed by atoms with Gasteiger partial charge in [0.1, 0.15) is 0 Å². The number of nitrogens with zero attached hydrogens (tertiary/aromatic N) is 2. The van der Waals surface area contributed by atoms with Crippen LogP contribution in [0, 0.1) is 13.8 Å². The Hall–Kier alpha value is -1.95. The number of rotatable bonds is 3. The fourth-order valence-corrected chi connectivity index (χ4v) is 3.25. The van der Waals surface area contributed by atoms with Crippen molar-refractivity contribution >= 4 is 29.0 Å². The Morgan fingerprint density at radius 1 is 1.43 bits per heavy atom. The molecule has 0 bridgehead atoms. The molecule has 3 rings (SSSR count). The van der Waals surface area contributed by atoms with Crippen molar-refractivity contribution in [1.82, 2.24) is 9.78 Å². The van der Waals surface area contributed by atoms with Gasteiger partial charge in [0.05, 0.1) is 17.1 Å². The summed E-state index contributed by atoms with van der Waals surface area (Å²) in [6.07, 6.45) is 0. The van der Waals surface area contributed by atoms with E-state index in [4.69, 9.17) is 0 Å². The van der Waals surface area contributed by atoms with E-state index in [1.54, 1.807) is 11.8 Å². The van der Waals surface area contributed by atoms with Gasteiger partial charge >= 0.3 is 0 Å². The van der Waals surface area contributed by atoms with Gasteiger partial charge in [-0.05, 0) is 32.0 Å². The molecule has 6 heteroatoms. The number of aryl methyl sites for hydroxylation is 2. The molecule has 1 aliphatic rings. The van der Waals surface area contributed by atoms with E-state index in [0.29, 0.717) is 5.75 Å². The van der Waals surface area contributed by atoms with Gasteiger partial charge in [-0.1, -0.05) is 0 Å². The molecular weight excluding hydrogens is 284 g/mol. The molecule has 0 saturated heterocycles. The summed E-state index contributed by atoms with van der Waals surface area (Å²) in [6.45, 7) is 4.82. The fraction of sp³-hybridized carbons (Fsp3) is 0.333. The van der Waals surface area contributed by atoms with Crippen molar-refractivity contribution in [2.24, 2.45) is 7.05 Å². The Bertz CT molecular complexity index is 708. The van der Waals surface area contributed by atoms with E-state index < -0.39 is 0 Å². The first-order chi connectivity index (χ1) is 10.0. The van der Waals surface area contributed by atoms with E-state index in [0.717, 1.165) is 28.5 Å². The number of hydrogen-bond donors (Lipinski definition) is 2. The summed E-state index contributed by atoms with van der Waals surface area (Å²) in [4.78, 5) is 12.6. The summed E-state index contributed by atoms with van der Waals surface area (Å²) in [5.41, 5.74) is 5.32. The molecule has 1 aromatic heterocycles. The minimum absolute atomic E-state index is 0.0589. The summed E-state index contributed by atoms with van der Waals surface area (Å²) in [5, 5.41) is 10.7. The second kappa shape index (κ2) is 5.44. The average molecular weight is 302 g/mol. The zero-order chi connectivity index (χ0) is 15.0. The third-order valence-electron chi connectivity index (χ3n) is 3.74. The molecule has 1 amide bonds. The number of hydrogen-bond acceptors (Lipinski definition) is 4. The highest BCUT2D eigenvalue weighted by molar-refractivity contribution is 8.00. The Balaban J connectivity index is 1.77. The molecule has 0 radical (unpaired) electrons. The summed E-state index contributed by atoms with van der Waals surface area (Å²) in [6, 6.07) is 6.08. The second-order valence-electron chi connectivity index (χ2n) is 5.17. The van der Waals surface area contributed by atoms with E-state index in [1.807, 2.05) is 36.9 Å². The first-order valence-electron chi connectivity index (χ1n) is 6.84. The quantitative estimate of drug-likeness (QED) is 0.915. The van der Waals surface area contributed by atoms with E-state index in [9.17, 15) is 4.79 Å². The number of thioether (sulfide) groups is 1. The van der Waals surface area contributed by atoms with Gasteiger partial charge in [0.25, 0.3) is 0 Å². The Labute approximate surface area is 128 Å². The number of nitrogens with one attached hydrogen (secondary N) is 2. The lowest BCUT2D eigenvalue weighted by Gasteiger charge is -2.17. The van der Waals surface area contributed by atoms with Crippen molar-refractivity contribution in [2.45, 2.75) is 25.3 Å². The summed E-state index contributed by atoms with van der Waals surface area (Å²) in [5.74, 6) is 0.553.